The summed E-state index contributed by atoms with van der Waals surface area (Å²) in [6.45, 7) is 6.08. The first kappa shape index (κ1) is 19.2. The van der Waals surface area contributed by atoms with Crippen LogP contribution in [-0.4, -0.2) is 36.5 Å². The second-order valence-electron chi connectivity index (χ2n) is 6.63. The van der Waals surface area contributed by atoms with Gasteiger partial charge in [-0.1, -0.05) is 13.8 Å². The lowest BCUT2D eigenvalue weighted by Gasteiger charge is -2.32. The van der Waals surface area contributed by atoms with Crippen LogP contribution in [0.4, 0.5) is 14.9 Å². The third-order valence-corrected chi connectivity index (χ3v) is 4.92. The molecule has 1 saturated heterocycles. The van der Waals surface area contributed by atoms with E-state index in [1.165, 1.54) is 12.1 Å². The molecule has 1 aromatic rings. The average Bonchev–Trinajstić information content (AvgIpc) is 2.63. The van der Waals surface area contributed by atoms with Crippen molar-refractivity contribution in [2.45, 2.75) is 39.5 Å². The molecule has 1 fully saturated rings. The Morgan fingerprint density at radius 1 is 1.16 bits per heavy atom. The largest absolute Gasteiger partial charge is 0.356 e. The zero-order valence-electron chi connectivity index (χ0n) is 15.1. The highest BCUT2D eigenvalue weighted by Crippen LogP contribution is 2.18. The van der Waals surface area contributed by atoms with Gasteiger partial charge in [-0.05, 0) is 55.9 Å². The minimum absolute atomic E-state index is 0.0987. The van der Waals surface area contributed by atoms with E-state index in [2.05, 4.69) is 10.6 Å². The third-order valence-electron chi connectivity index (χ3n) is 4.92. The van der Waals surface area contributed by atoms with Gasteiger partial charge in [-0.2, -0.15) is 0 Å². The van der Waals surface area contributed by atoms with Gasteiger partial charge >= 0.3 is 6.03 Å². The second kappa shape index (κ2) is 9.39. The van der Waals surface area contributed by atoms with Crippen LogP contribution in [0.3, 0.4) is 0 Å². The number of rotatable bonds is 6. The van der Waals surface area contributed by atoms with E-state index in [1.807, 2.05) is 13.8 Å². The molecule has 2 N–H and O–H groups in total. The van der Waals surface area contributed by atoms with Gasteiger partial charge < -0.3 is 15.5 Å². The summed E-state index contributed by atoms with van der Waals surface area (Å²) in [5, 5.41) is 5.83. The normalized spacial score (nSPS) is 15.3. The van der Waals surface area contributed by atoms with Crippen LogP contribution in [0, 0.1) is 17.7 Å². The van der Waals surface area contributed by atoms with E-state index in [9.17, 15) is 14.0 Å². The molecule has 2 rings (SSSR count). The Morgan fingerprint density at radius 2 is 1.76 bits per heavy atom. The smallest absolute Gasteiger partial charge is 0.321 e. The zero-order valence-corrected chi connectivity index (χ0v) is 15.1. The van der Waals surface area contributed by atoms with Crippen molar-refractivity contribution in [3.05, 3.63) is 30.1 Å². The number of carbonyl (C=O) groups is 2. The fourth-order valence-corrected chi connectivity index (χ4v) is 3.12. The topological polar surface area (TPSA) is 61.4 Å². The number of carbonyl (C=O) groups excluding carboxylic acids is 2. The van der Waals surface area contributed by atoms with Crippen LogP contribution in [0.15, 0.2) is 24.3 Å². The molecule has 1 aliphatic rings. The molecule has 0 spiro atoms. The highest BCUT2D eigenvalue weighted by molar-refractivity contribution is 5.89. The number of anilines is 1. The first-order valence-electron chi connectivity index (χ1n) is 9.12. The Kier molecular flexibility index (Phi) is 7.22. The SMILES string of the molecule is CCC(CC)C(=O)NCC1CCN(C(=O)Nc2ccc(F)cc2)CC1. The van der Waals surface area contributed by atoms with Crippen molar-refractivity contribution in [2.75, 3.05) is 25.0 Å². The summed E-state index contributed by atoms with van der Waals surface area (Å²) in [6.07, 6.45) is 3.48. The lowest BCUT2D eigenvalue weighted by atomic mass is 9.96. The predicted molar refractivity (Wildman–Crippen MR) is 96.8 cm³/mol. The molecule has 0 atom stereocenters. The molecule has 0 aliphatic carbocycles. The van der Waals surface area contributed by atoms with Gasteiger partial charge in [-0.25, -0.2) is 9.18 Å². The third kappa shape index (κ3) is 5.73. The summed E-state index contributed by atoms with van der Waals surface area (Å²) in [7, 11) is 0. The Labute approximate surface area is 149 Å². The molecule has 3 amide bonds. The minimum atomic E-state index is -0.325. The molecule has 138 valence electrons. The van der Waals surface area contributed by atoms with Crippen LogP contribution in [0.1, 0.15) is 39.5 Å². The molecule has 0 radical (unpaired) electrons. The van der Waals surface area contributed by atoms with E-state index in [-0.39, 0.29) is 23.7 Å². The van der Waals surface area contributed by atoms with Crippen molar-refractivity contribution in [2.24, 2.45) is 11.8 Å². The molecule has 1 heterocycles. The van der Waals surface area contributed by atoms with E-state index >= 15 is 0 Å². The van der Waals surface area contributed by atoms with Gasteiger partial charge in [0.25, 0.3) is 0 Å². The molecule has 1 aliphatic heterocycles. The Hall–Kier alpha value is -2.11. The number of benzene rings is 1. The van der Waals surface area contributed by atoms with Crippen molar-refractivity contribution in [3.8, 4) is 0 Å². The van der Waals surface area contributed by atoms with Crippen molar-refractivity contribution < 1.29 is 14.0 Å². The first-order valence-corrected chi connectivity index (χ1v) is 9.12. The summed E-state index contributed by atoms with van der Waals surface area (Å²) in [4.78, 5) is 26.0. The molecule has 0 aromatic heterocycles. The highest BCUT2D eigenvalue weighted by atomic mass is 19.1. The Bertz CT molecular complexity index is 565. The molecular weight excluding hydrogens is 321 g/mol. The number of urea groups is 1. The lowest BCUT2D eigenvalue weighted by Crippen LogP contribution is -2.44. The van der Waals surface area contributed by atoms with E-state index in [0.29, 0.717) is 31.2 Å². The average molecular weight is 349 g/mol. The number of hydrogen-bond acceptors (Lipinski definition) is 2. The fraction of sp³-hybridized carbons (Fsp3) is 0.579. The van der Waals surface area contributed by atoms with Crippen molar-refractivity contribution in [3.63, 3.8) is 0 Å². The van der Waals surface area contributed by atoms with E-state index in [1.54, 1.807) is 17.0 Å². The van der Waals surface area contributed by atoms with Crippen LogP contribution >= 0.6 is 0 Å². The lowest BCUT2D eigenvalue weighted by molar-refractivity contribution is -0.125. The summed E-state index contributed by atoms with van der Waals surface area (Å²) < 4.78 is 12.9. The van der Waals surface area contributed by atoms with Crippen molar-refractivity contribution >= 4 is 17.6 Å². The van der Waals surface area contributed by atoms with Crippen molar-refractivity contribution in [1.82, 2.24) is 10.2 Å². The highest BCUT2D eigenvalue weighted by Gasteiger charge is 2.24. The van der Waals surface area contributed by atoms with Gasteiger partial charge in [-0.15, -0.1) is 0 Å². The molecule has 5 nitrogen and oxygen atoms in total. The van der Waals surface area contributed by atoms with E-state index in [0.717, 1.165) is 25.7 Å². The van der Waals surface area contributed by atoms with Gasteiger partial charge in [0.15, 0.2) is 0 Å². The maximum Gasteiger partial charge on any atom is 0.321 e. The van der Waals surface area contributed by atoms with Gasteiger partial charge in [0.2, 0.25) is 5.91 Å². The minimum Gasteiger partial charge on any atom is -0.356 e. The van der Waals surface area contributed by atoms with Gasteiger partial charge in [0, 0.05) is 31.2 Å². The quantitative estimate of drug-likeness (QED) is 0.824. The van der Waals surface area contributed by atoms with Gasteiger partial charge in [-0.3, -0.25) is 4.79 Å². The standard InChI is InChI=1S/C19H28FN3O2/c1-3-15(4-2)18(24)21-13-14-9-11-23(12-10-14)19(25)22-17-7-5-16(20)6-8-17/h5-8,14-15H,3-4,9-13H2,1-2H3,(H,21,24)(H,22,25). The monoisotopic (exact) mass is 349 g/mol. The summed E-state index contributed by atoms with van der Waals surface area (Å²) in [5.74, 6) is 0.325. The molecule has 0 unspecified atom stereocenters. The second-order valence-corrected chi connectivity index (χ2v) is 6.63. The number of halogens is 1. The van der Waals surface area contributed by atoms with Crippen LogP contribution in [0.25, 0.3) is 0 Å². The maximum absolute atomic E-state index is 12.9. The number of likely N-dealkylation sites (tertiary alicyclic amines) is 1. The van der Waals surface area contributed by atoms with Crippen LogP contribution in [0.2, 0.25) is 0 Å². The Balaban J connectivity index is 1.72. The molecule has 0 bridgehead atoms. The predicted octanol–water partition coefficient (Wildman–Crippen LogP) is 3.62. The van der Waals surface area contributed by atoms with Crippen LogP contribution in [-0.2, 0) is 4.79 Å². The Morgan fingerprint density at radius 3 is 2.32 bits per heavy atom. The number of nitrogens with zero attached hydrogens (tertiary/aromatic N) is 1. The van der Waals surface area contributed by atoms with Crippen LogP contribution < -0.4 is 10.6 Å². The number of hydrogen-bond donors (Lipinski definition) is 2. The van der Waals surface area contributed by atoms with Gasteiger partial charge in [0.05, 0.1) is 0 Å². The first-order chi connectivity index (χ1) is 12.0. The fourth-order valence-electron chi connectivity index (χ4n) is 3.12. The molecule has 0 saturated carbocycles. The summed E-state index contributed by atoms with van der Waals surface area (Å²) >= 11 is 0. The number of piperidine rings is 1. The van der Waals surface area contributed by atoms with Crippen LogP contribution in [0.5, 0.6) is 0 Å². The van der Waals surface area contributed by atoms with Crippen molar-refractivity contribution in [1.29, 1.82) is 0 Å². The van der Waals surface area contributed by atoms with E-state index in [4.69, 9.17) is 0 Å². The molecule has 1 aromatic carbocycles. The number of amides is 3. The summed E-state index contributed by atoms with van der Waals surface area (Å²) in [5.41, 5.74) is 0.589. The van der Waals surface area contributed by atoms with E-state index < -0.39 is 0 Å². The zero-order chi connectivity index (χ0) is 18.2. The van der Waals surface area contributed by atoms with Gasteiger partial charge in [0.1, 0.15) is 5.82 Å². The molecule has 6 heteroatoms. The molecular formula is C19H28FN3O2. The number of nitrogens with one attached hydrogen (secondary N) is 2. The molecule has 25 heavy (non-hydrogen) atoms. The summed E-state index contributed by atoms with van der Waals surface area (Å²) in [6, 6.07) is 5.58. The maximum atomic E-state index is 12.9.